The van der Waals surface area contributed by atoms with E-state index in [0.717, 1.165) is 57.4 Å². The normalized spacial score (nSPS) is 18.7. The van der Waals surface area contributed by atoms with E-state index in [1.54, 1.807) is 0 Å². The van der Waals surface area contributed by atoms with Crippen LogP contribution < -0.4 is 5.32 Å². The molecule has 180 valence electrons. The molecule has 1 N–H and O–H groups in total. The summed E-state index contributed by atoms with van der Waals surface area (Å²) in [5.74, 6) is 0.217. The molecule has 1 saturated heterocycles. The summed E-state index contributed by atoms with van der Waals surface area (Å²) in [7, 11) is 0. The average Bonchev–Trinajstić information content (AvgIpc) is 3.00. The van der Waals surface area contributed by atoms with Crippen LogP contribution in [0, 0.1) is 11.7 Å². The van der Waals surface area contributed by atoms with E-state index in [2.05, 4.69) is 45.1 Å². The molecule has 1 aliphatic heterocycles. The SMILES string of the molecule is O=C(NC1CCCCCC1)C1CCN(Cc2cc3ccccc3n2Cc2ccc(F)cc2)CC1. The van der Waals surface area contributed by atoms with Crippen LogP contribution in [0.4, 0.5) is 4.39 Å². The van der Waals surface area contributed by atoms with Crippen LogP contribution >= 0.6 is 0 Å². The van der Waals surface area contributed by atoms with Crippen molar-refractivity contribution in [3.05, 3.63) is 71.7 Å². The number of hydrogen-bond acceptors (Lipinski definition) is 2. The Kier molecular flexibility index (Phi) is 7.29. The molecule has 1 aliphatic carbocycles. The number of nitrogens with zero attached hydrogens (tertiary/aromatic N) is 2. The molecule has 2 aromatic carbocycles. The number of benzene rings is 2. The van der Waals surface area contributed by atoms with E-state index in [0.29, 0.717) is 6.04 Å². The Hall–Kier alpha value is -2.66. The molecular weight excluding hydrogens is 425 g/mol. The number of amides is 1. The van der Waals surface area contributed by atoms with E-state index < -0.39 is 0 Å². The largest absolute Gasteiger partial charge is 0.353 e. The van der Waals surface area contributed by atoms with E-state index in [-0.39, 0.29) is 17.6 Å². The van der Waals surface area contributed by atoms with Crippen LogP contribution in [0.25, 0.3) is 10.9 Å². The van der Waals surface area contributed by atoms with Crippen LogP contribution in [0.3, 0.4) is 0 Å². The van der Waals surface area contributed by atoms with Crippen LogP contribution in [-0.4, -0.2) is 34.5 Å². The Labute approximate surface area is 202 Å². The molecule has 1 aromatic heterocycles. The first-order valence-corrected chi connectivity index (χ1v) is 13.0. The highest BCUT2D eigenvalue weighted by Crippen LogP contribution is 2.26. The molecule has 0 bridgehead atoms. The third-order valence-electron chi connectivity index (χ3n) is 7.70. The van der Waals surface area contributed by atoms with Crippen molar-refractivity contribution < 1.29 is 9.18 Å². The van der Waals surface area contributed by atoms with E-state index in [1.165, 1.54) is 54.4 Å². The lowest BCUT2D eigenvalue weighted by Gasteiger charge is -2.32. The number of piperidine rings is 1. The lowest BCUT2D eigenvalue weighted by Crippen LogP contribution is -2.43. The van der Waals surface area contributed by atoms with Crippen LogP contribution in [0.15, 0.2) is 54.6 Å². The molecule has 2 fully saturated rings. The molecule has 0 spiro atoms. The molecule has 1 saturated carbocycles. The summed E-state index contributed by atoms with van der Waals surface area (Å²) in [6.45, 7) is 3.48. The highest BCUT2D eigenvalue weighted by molar-refractivity contribution is 5.81. The first-order valence-electron chi connectivity index (χ1n) is 13.0. The molecule has 34 heavy (non-hydrogen) atoms. The second kappa shape index (κ2) is 10.7. The molecule has 0 unspecified atom stereocenters. The zero-order chi connectivity index (χ0) is 23.3. The number of fused-ring (bicyclic) bond motifs is 1. The summed E-state index contributed by atoms with van der Waals surface area (Å²) in [5, 5.41) is 4.60. The number of para-hydroxylation sites is 1. The number of likely N-dealkylation sites (tertiary alicyclic amines) is 1. The molecule has 1 amide bonds. The minimum Gasteiger partial charge on any atom is -0.353 e. The molecular formula is C29H36FN3O. The van der Waals surface area contributed by atoms with Gasteiger partial charge in [-0.25, -0.2) is 4.39 Å². The quantitative estimate of drug-likeness (QED) is 0.466. The van der Waals surface area contributed by atoms with E-state index in [9.17, 15) is 9.18 Å². The molecule has 5 rings (SSSR count). The monoisotopic (exact) mass is 461 g/mol. The number of carbonyl (C=O) groups is 1. The number of hydrogen-bond donors (Lipinski definition) is 1. The minimum atomic E-state index is -0.202. The highest BCUT2D eigenvalue weighted by atomic mass is 19.1. The van der Waals surface area contributed by atoms with Gasteiger partial charge >= 0.3 is 0 Å². The van der Waals surface area contributed by atoms with Gasteiger partial charge < -0.3 is 9.88 Å². The van der Waals surface area contributed by atoms with Crippen molar-refractivity contribution in [3.8, 4) is 0 Å². The zero-order valence-corrected chi connectivity index (χ0v) is 20.0. The van der Waals surface area contributed by atoms with Crippen LogP contribution in [0.5, 0.6) is 0 Å². The number of halogens is 1. The predicted octanol–water partition coefficient (Wildman–Crippen LogP) is 5.88. The van der Waals surface area contributed by atoms with Gasteiger partial charge in [-0.2, -0.15) is 0 Å². The maximum Gasteiger partial charge on any atom is 0.223 e. The molecule has 3 aromatic rings. The van der Waals surface area contributed by atoms with Gasteiger partial charge in [0.15, 0.2) is 0 Å². The fraction of sp³-hybridized carbons (Fsp3) is 0.483. The Morgan fingerprint density at radius 3 is 2.32 bits per heavy atom. The van der Waals surface area contributed by atoms with Gasteiger partial charge in [0.25, 0.3) is 0 Å². The van der Waals surface area contributed by atoms with Crippen molar-refractivity contribution in [2.24, 2.45) is 5.92 Å². The van der Waals surface area contributed by atoms with Crippen molar-refractivity contribution in [1.82, 2.24) is 14.8 Å². The summed E-state index contributed by atoms with van der Waals surface area (Å²) < 4.78 is 15.8. The Bertz CT molecular complexity index is 1090. The molecule has 0 atom stereocenters. The van der Waals surface area contributed by atoms with Gasteiger partial charge in [-0.3, -0.25) is 9.69 Å². The van der Waals surface area contributed by atoms with Crippen molar-refractivity contribution in [2.75, 3.05) is 13.1 Å². The number of aromatic nitrogens is 1. The Balaban J connectivity index is 1.22. The lowest BCUT2D eigenvalue weighted by molar-refractivity contribution is -0.127. The molecule has 2 heterocycles. The van der Waals surface area contributed by atoms with Gasteiger partial charge in [0.05, 0.1) is 0 Å². The van der Waals surface area contributed by atoms with Crippen molar-refractivity contribution >= 4 is 16.8 Å². The number of carbonyl (C=O) groups excluding carboxylic acids is 1. The highest BCUT2D eigenvalue weighted by Gasteiger charge is 2.27. The van der Waals surface area contributed by atoms with Gasteiger partial charge in [-0.05, 0) is 74.0 Å². The predicted molar refractivity (Wildman–Crippen MR) is 135 cm³/mol. The average molecular weight is 462 g/mol. The molecule has 5 heteroatoms. The summed E-state index contributed by atoms with van der Waals surface area (Å²) in [6.07, 6.45) is 9.25. The van der Waals surface area contributed by atoms with E-state index in [4.69, 9.17) is 0 Å². The van der Waals surface area contributed by atoms with Gasteiger partial charge in [-0.1, -0.05) is 56.0 Å². The first kappa shape index (κ1) is 23.1. The first-order chi connectivity index (χ1) is 16.7. The van der Waals surface area contributed by atoms with Crippen LogP contribution in [0.2, 0.25) is 0 Å². The third-order valence-corrected chi connectivity index (χ3v) is 7.70. The smallest absolute Gasteiger partial charge is 0.223 e. The number of nitrogens with one attached hydrogen (secondary N) is 1. The van der Waals surface area contributed by atoms with E-state index >= 15 is 0 Å². The Morgan fingerprint density at radius 2 is 1.59 bits per heavy atom. The zero-order valence-electron chi connectivity index (χ0n) is 20.0. The summed E-state index contributed by atoms with van der Waals surface area (Å²) >= 11 is 0. The van der Waals surface area contributed by atoms with Crippen molar-refractivity contribution in [1.29, 1.82) is 0 Å². The van der Waals surface area contributed by atoms with E-state index in [1.807, 2.05) is 12.1 Å². The van der Waals surface area contributed by atoms with Gasteiger partial charge in [0.1, 0.15) is 5.82 Å². The van der Waals surface area contributed by atoms with Gasteiger partial charge in [-0.15, -0.1) is 0 Å². The maximum absolute atomic E-state index is 13.4. The fourth-order valence-corrected chi connectivity index (χ4v) is 5.68. The number of rotatable bonds is 6. The second-order valence-corrected chi connectivity index (χ2v) is 10.2. The van der Waals surface area contributed by atoms with Crippen LogP contribution in [0.1, 0.15) is 62.6 Å². The lowest BCUT2D eigenvalue weighted by atomic mass is 9.95. The topological polar surface area (TPSA) is 37.3 Å². The van der Waals surface area contributed by atoms with Crippen molar-refractivity contribution in [2.45, 2.75) is 70.5 Å². The van der Waals surface area contributed by atoms with Gasteiger partial charge in [0.2, 0.25) is 5.91 Å². The summed E-state index contributed by atoms with van der Waals surface area (Å²) in [4.78, 5) is 15.4. The molecule has 2 aliphatic rings. The van der Waals surface area contributed by atoms with Crippen LogP contribution in [-0.2, 0) is 17.9 Å². The standard InChI is InChI=1S/C29H36FN3O/c30-25-13-11-22(12-14-25)20-33-27(19-24-7-5-6-10-28(24)33)21-32-17-15-23(16-18-32)29(34)31-26-8-3-1-2-4-9-26/h5-7,10-14,19,23,26H,1-4,8-9,15-18,20-21H2,(H,31,34). The Morgan fingerprint density at radius 1 is 0.882 bits per heavy atom. The maximum atomic E-state index is 13.4. The third kappa shape index (κ3) is 5.52. The molecule has 0 radical (unpaired) electrons. The minimum absolute atomic E-state index is 0.143. The molecule has 4 nitrogen and oxygen atoms in total. The van der Waals surface area contributed by atoms with Gasteiger partial charge in [0, 0.05) is 36.3 Å². The summed E-state index contributed by atoms with van der Waals surface area (Å²) in [6, 6.07) is 17.9. The summed E-state index contributed by atoms with van der Waals surface area (Å²) in [5.41, 5.74) is 3.57. The fourth-order valence-electron chi connectivity index (χ4n) is 5.68. The van der Waals surface area contributed by atoms with Crippen molar-refractivity contribution in [3.63, 3.8) is 0 Å². The second-order valence-electron chi connectivity index (χ2n) is 10.2.